The van der Waals surface area contributed by atoms with Crippen LogP contribution in [0.4, 0.5) is 24.5 Å². The number of piperazine rings is 1. The Labute approximate surface area is 621 Å². The van der Waals surface area contributed by atoms with E-state index in [1.807, 2.05) is 85.3 Å². The van der Waals surface area contributed by atoms with Crippen molar-refractivity contribution in [2.75, 3.05) is 74.9 Å². The van der Waals surface area contributed by atoms with Crippen LogP contribution in [-0.2, 0) is 39.0 Å². The Morgan fingerprint density at radius 2 is 1.48 bits per heavy atom. The Morgan fingerprint density at radius 1 is 0.808 bits per heavy atom. The number of aliphatic hydroxyl groups excluding tert-OH is 1. The van der Waals surface area contributed by atoms with Crippen LogP contribution in [0.2, 0.25) is 5.02 Å². The van der Waals surface area contributed by atoms with Crippen LogP contribution in [0.1, 0.15) is 139 Å². The molecule has 10 rings (SSSR count). The van der Waals surface area contributed by atoms with E-state index in [4.69, 9.17) is 11.6 Å². The molecule has 6 atom stereocenters. The maximum atomic E-state index is 14.6. The van der Waals surface area contributed by atoms with Crippen molar-refractivity contribution in [1.82, 2.24) is 40.4 Å². The van der Waals surface area contributed by atoms with E-state index in [0.717, 1.165) is 83.3 Å². The summed E-state index contributed by atoms with van der Waals surface area (Å²) in [6.07, 6.45) is 3.84. The number of β-amino-alcohol motifs (C(OH)–C–C–N with tert-alkyl or cyclic N) is 1. The summed E-state index contributed by atoms with van der Waals surface area (Å²) in [5.74, 6) is -2.38. The summed E-state index contributed by atoms with van der Waals surface area (Å²) in [7, 11) is -11.1. The van der Waals surface area contributed by atoms with E-state index < -0.39 is 100 Å². The van der Waals surface area contributed by atoms with E-state index in [9.17, 15) is 59.1 Å². The predicted molar refractivity (Wildman–Crippen MR) is 402 cm³/mol. The number of benzene rings is 5. The number of thioether (sulfide) groups is 1. The van der Waals surface area contributed by atoms with E-state index in [0.29, 0.717) is 63.1 Å². The fourth-order valence-electron chi connectivity index (χ4n) is 13.9. The molecule has 5 amide bonds. The Kier molecular flexibility index (Phi) is 25.9. The van der Waals surface area contributed by atoms with Crippen LogP contribution in [0.5, 0.6) is 0 Å². The fraction of sp³-hybridized carbons (Fsp3) is 0.474. The van der Waals surface area contributed by atoms with E-state index in [2.05, 4.69) is 66.9 Å². The maximum Gasteiger partial charge on any atom is 0.501 e. The van der Waals surface area contributed by atoms with Crippen molar-refractivity contribution in [3.8, 4) is 10.4 Å². The molecule has 0 spiro atoms. The molecule has 4 aliphatic rings. The number of halogens is 4. The normalized spacial score (nSPS) is 19.3. The molecule has 560 valence electrons. The first-order valence-corrected chi connectivity index (χ1v) is 40.5. The van der Waals surface area contributed by atoms with Gasteiger partial charge < -0.3 is 41.1 Å². The zero-order valence-electron chi connectivity index (χ0n) is 59.7. The molecule has 20 nitrogen and oxygen atoms in total. The number of amides is 5. The van der Waals surface area contributed by atoms with Crippen molar-refractivity contribution in [2.24, 2.45) is 10.8 Å². The largest absolute Gasteiger partial charge is 0.501 e. The fourth-order valence-corrected chi connectivity index (χ4v) is 17.9. The van der Waals surface area contributed by atoms with Crippen molar-refractivity contribution in [3.63, 3.8) is 0 Å². The molecule has 3 fully saturated rings. The molecule has 1 aromatic heterocycles. The monoisotopic (exact) mass is 1530 g/mol. The lowest BCUT2D eigenvalue weighted by molar-refractivity contribution is -0.144. The van der Waals surface area contributed by atoms with Crippen LogP contribution in [0.3, 0.4) is 0 Å². The third-order valence-corrected chi connectivity index (χ3v) is 25.1. The van der Waals surface area contributed by atoms with Gasteiger partial charge in [-0.3, -0.25) is 28.9 Å². The molecular formula is C76H94ClF3N10O10S4. The first kappa shape index (κ1) is 79.2. The lowest BCUT2D eigenvalue weighted by Gasteiger charge is -2.39. The lowest BCUT2D eigenvalue weighted by atomic mass is 9.73. The minimum atomic E-state index is -6.19. The number of aryl methyl sites for hydroxylation is 1. The molecule has 104 heavy (non-hydrogen) atoms. The molecular weight excluding hydrogens is 1430 g/mol. The number of carbonyl (C=O) groups excluding carboxylic acids is 5. The SMILES string of the molecule is Cc1ncsc1-c1ccc([C@H](C)NC(=O)[C@@H]2C[C@@H](O)CN2C(=O)[C@@H](NC(=O)CCCCC(=O)N[C@H]2CCN(CC[C@H](CSc3ccccc3)Nc3ccc(S(=O)(=O)NC(=O)c4ccc(N5CCN(CC6=C(c7ccc(Cl)cc7)CCC(C)(C)C6)CC5)cc4)cc3S(=O)(=O)C(F)(F)F)C2)C(C)(C)C)cc1. The second kappa shape index (κ2) is 34.0. The van der Waals surface area contributed by atoms with Gasteiger partial charge in [-0.25, -0.2) is 26.5 Å². The van der Waals surface area contributed by atoms with Gasteiger partial charge in [-0.2, -0.15) is 13.2 Å². The predicted octanol–water partition coefficient (Wildman–Crippen LogP) is 12.1. The molecule has 28 heteroatoms. The molecule has 0 saturated carbocycles. The van der Waals surface area contributed by atoms with Crippen molar-refractivity contribution in [1.29, 1.82) is 0 Å². The summed E-state index contributed by atoms with van der Waals surface area (Å²) in [5, 5.41) is 23.4. The smallest absolute Gasteiger partial charge is 0.391 e. The highest BCUT2D eigenvalue weighted by Crippen LogP contribution is 2.44. The number of rotatable bonds is 28. The maximum absolute atomic E-state index is 14.6. The number of nitrogens with zero attached hydrogens (tertiary/aromatic N) is 5. The number of alkyl halides is 3. The number of aliphatic hydroxyl groups is 1. The minimum absolute atomic E-state index is 0.0152. The number of hydrogen-bond acceptors (Lipinski definition) is 17. The first-order valence-electron chi connectivity index (χ1n) is 35.3. The standard InChI is InChI=1S/C76H94ClF3N10O10S4/c1-49(51-17-19-53(20-18-51)69-50(2)81-48-102-69)82-72(95)65-41-60(91)46-90(65)73(96)70(74(3,4)5)85-68(93)16-12-11-15-67(92)84-57-32-35-87(45-57)36-33-58(47-101-61-13-9-8-10-14-61)83-64-30-29-62(42-66(64)103(97,98)76(78,79)80)104(99,100)86-71(94)54-23-27-59(28-24-54)89-39-37-88(38-40-89)44-55-43-75(6,7)34-31-63(55)52-21-25-56(77)26-22-52/h8-10,13-14,17-30,42,48-49,57-58,60,65,70,83,91H,11-12,15-16,31-41,43-47H2,1-7H3,(H,82,95)(H,84,92)(H,85,93)(H,86,94)/t49-,57-,58+,60+,65-,70+/m0/s1. The summed E-state index contributed by atoms with van der Waals surface area (Å²) < 4.78 is 100. The molecule has 3 aliphatic heterocycles. The summed E-state index contributed by atoms with van der Waals surface area (Å²) in [6.45, 7) is 18.9. The van der Waals surface area contributed by atoms with Gasteiger partial charge in [0.1, 0.15) is 17.0 Å². The number of likely N-dealkylation sites (tertiary alicyclic amines) is 2. The first-order chi connectivity index (χ1) is 49.2. The van der Waals surface area contributed by atoms with Gasteiger partial charge in [0, 0.05) is 117 Å². The van der Waals surface area contributed by atoms with Gasteiger partial charge in [0.05, 0.1) is 38.8 Å². The quantitative estimate of drug-likeness (QED) is 0.0197. The number of thiazole rings is 1. The van der Waals surface area contributed by atoms with Crippen LogP contribution < -0.4 is 30.9 Å². The number of nitrogens with one attached hydrogen (secondary N) is 5. The third-order valence-electron chi connectivity index (χ3n) is 19.8. The van der Waals surface area contributed by atoms with Crippen molar-refractivity contribution < 1.29 is 59.1 Å². The van der Waals surface area contributed by atoms with Gasteiger partial charge in [-0.1, -0.05) is 106 Å². The average Bonchev–Trinajstić information content (AvgIpc) is 1.61. The van der Waals surface area contributed by atoms with Crippen LogP contribution in [0.25, 0.3) is 16.0 Å². The average molecular weight is 1530 g/mol. The van der Waals surface area contributed by atoms with Crippen molar-refractivity contribution >= 4 is 101 Å². The summed E-state index contributed by atoms with van der Waals surface area (Å²) in [4.78, 5) is 80.6. The summed E-state index contributed by atoms with van der Waals surface area (Å²) in [6, 6.07) is 30.3. The van der Waals surface area contributed by atoms with Crippen molar-refractivity contribution in [2.45, 2.75) is 169 Å². The number of unbranched alkanes of at least 4 members (excludes halogenated alkanes) is 1. The molecule has 5 aromatic carbocycles. The van der Waals surface area contributed by atoms with E-state index in [1.165, 1.54) is 45.5 Å². The van der Waals surface area contributed by atoms with E-state index in [1.54, 1.807) is 49.8 Å². The van der Waals surface area contributed by atoms with Gasteiger partial charge in [0.25, 0.3) is 25.8 Å². The highest BCUT2D eigenvalue weighted by Gasteiger charge is 2.49. The molecule has 0 bridgehead atoms. The van der Waals surface area contributed by atoms with Gasteiger partial charge in [0.15, 0.2) is 0 Å². The summed E-state index contributed by atoms with van der Waals surface area (Å²) >= 11 is 9.15. The minimum Gasteiger partial charge on any atom is -0.391 e. The number of sulfone groups is 1. The Bertz CT molecular complexity index is 4290. The number of anilines is 2. The Balaban J connectivity index is 0.700. The van der Waals surface area contributed by atoms with E-state index >= 15 is 0 Å². The molecule has 0 radical (unpaired) electrons. The molecule has 6 aromatic rings. The number of hydrogen-bond donors (Lipinski definition) is 6. The number of aromatic nitrogens is 1. The zero-order chi connectivity index (χ0) is 74.9. The second-order valence-electron chi connectivity index (χ2n) is 29.5. The topological polar surface area (TPSA) is 260 Å². The van der Waals surface area contributed by atoms with Gasteiger partial charge >= 0.3 is 5.51 Å². The van der Waals surface area contributed by atoms with Crippen LogP contribution >= 0.6 is 34.7 Å². The Hall–Kier alpha value is -7.37. The van der Waals surface area contributed by atoms with Crippen molar-refractivity contribution in [3.05, 3.63) is 160 Å². The van der Waals surface area contributed by atoms with Crippen LogP contribution in [0.15, 0.2) is 147 Å². The molecule has 1 aliphatic carbocycles. The number of sulfonamides is 1. The third kappa shape index (κ3) is 20.6. The summed E-state index contributed by atoms with van der Waals surface area (Å²) in [5.41, 5.74) is 2.43. The van der Waals surface area contributed by atoms with Gasteiger partial charge in [-0.05, 0) is 159 Å². The number of allylic oxidation sites excluding steroid dienone is 1. The molecule has 0 unspecified atom stereocenters. The van der Waals surface area contributed by atoms with E-state index in [-0.39, 0.29) is 60.9 Å². The highest BCUT2D eigenvalue weighted by molar-refractivity contribution is 7.99. The van der Waals surface area contributed by atoms with Crippen LogP contribution in [0, 0.1) is 17.8 Å². The molecule has 3 saturated heterocycles. The zero-order valence-corrected chi connectivity index (χ0v) is 63.8. The van der Waals surface area contributed by atoms with Gasteiger partial charge in [0.2, 0.25) is 23.6 Å². The van der Waals surface area contributed by atoms with Gasteiger partial charge in [-0.15, -0.1) is 23.1 Å². The molecule has 4 heterocycles. The highest BCUT2D eigenvalue weighted by atomic mass is 35.5. The second-order valence-corrected chi connectivity index (χ2v) is 35.5. The van der Waals surface area contributed by atoms with Crippen LogP contribution in [-0.4, -0.2) is 172 Å². The molecule has 6 N–H and O–H groups in total. The number of carbonyl (C=O) groups is 5. The Morgan fingerprint density at radius 3 is 2.13 bits per heavy atom. The lowest BCUT2D eigenvalue weighted by Crippen LogP contribution is -2.57.